The van der Waals surface area contributed by atoms with Crippen molar-refractivity contribution in [2.45, 2.75) is 70.4 Å². The van der Waals surface area contributed by atoms with Crippen molar-refractivity contribution in [1.82, 2.24) is 15.1 Å². The number of nitrogens with one attached hydrogen (secondary N) is 1. The zero-order valence-corrected chi connectivity index (χ0v) is 19.5. The lowest BCUT2D eigenvalue weighted by Gasteiger charge is -2.34. The number of nitrogens with zero attached hydrogens (tertiary/aromatic N) is 2. The van der Waals surface area contributed by atoms with Gasteiger partial charge in [0.25, 0.3) is 0 Å². The van der Waals surface area contributed by atoms with E-state index in [2.05, 4.69) is 5.32 Å². The van der Waals surface area contributed by atoms with Crippen molar-refractivity contribution in [3.8, 4) is 11.5 Å². The fraction of sp³-hybridized carbons (Fsp3) is 0.680. The minimum Gasteiger partial charge on any atom is -0.493 e. The maximum Gasteiger partial charge on any atom is 0.319 e. The van der Waals surface area contributed by atoms with Crippen LogP contribution in [0.2, 0.25) is 0 Å². The summed E-state index contributed by atoms with van der Waals surface area (Å²) < 4.78 is 11.7. The molecule has 1 unspecified atom stereocenters. The van der Waals surface area contributed by atoms with Crippen molar-refractivity contribution < 1.29 is 19.1 Å². The fourth-order valence-corrected chi connectivity index (χ4v) is 5.09. The molecule has 1 aromatic rings. The van der Waals surface area contributed by atoms with Crippen LogP contribution in [0.25, 0.3) is 0 Å². The maximum absolute atomic E-state index is 12.9. The largest absolute Gasteiger partial charge is 0.493 e. The number of benzene rings is 1. The molecule has 2 aliphatic heterocycles. The minimum absolute atomic E-state index is 0.0491. The number of urea groups is 1. The third-order valence-corrected chi connectivity index (χ3v) is 7.16. The predicted molar refractivity (Wildman–Crippen MR) is 123 cm³/mol. The van der Waals surface area contributed by atoms with Crippen molar-refractivity contribution in [2.75, 3.05) is 33.3 Å². The Morgan fingerprint density at radius 3 is 2.25 bits per heavy atom. The molecule has 0 aromatic heterocycles. The van der Waals surface area contributed by atoms with E-state index in [0.717, 1.165) is 62.9 Å². The molecule has 0 spiro atoms. The first kappa shape index (κ1) is 22.7. The molecule has 3 aliphatic rings. The highest BCUT2D eigenvalue weighted by molar-refractivity contribution is 5.80. The fourth-order valence-electron chi connectivity index (χ4n) is 5.09. The number of piperidine rings is 1. The summed E-state index contributed by atoms with van der Waals surface area (Å²) in [6, 6.07) is 5.95. The van der Waals surface area contributed by atoms with Gasteiger partial charge >= 0.3 is 6.03 Å². The molecule has 1 N–H and O–H groups in total. The van der Waals surface area contributed by atoms with Crippen LogP contribution in [0.1, 0.15) is 69.9 Å². The van der Waals surface area contributed by atoms with Crippen LogP contribution in [0.5, 0.6) is 11.5 Å². The minimum atomic E-state index is -0.124. The second-order valence-corrected chi connectivity index (χ2v) is 9.40. The molecule has 1 aliphatic carbocycles. The van der Waals surface area contributed by atoms with Gasteiger partial charge < -0.3 is 24.6 Å². The zero-order chi connectivity index (χ0) is 22.5. The van der Waals surface area contributed by atoms with Gasteiger partial charge in [-0.2, -0.15) is 0 Å². The normalized spacial score (nSPS) is 20.9. The van der Waals surface area contributed by atoms with E-state index >= 15 is 0 Å². The van der Waals surface area contributed by atoms with Crippen molar-refractivity contribution in [3.63, 3.8) is 0 Å². The van der Waals surface area contributed by atoms with Crippen molar-refractivity contribution >= 4 is 11.9 Å². The van der Waals surface area contributed by atoms with E-state index in [4.69, 9.17) is 9.47 Å². The lowest BCUT2D eigenvalue weighted by Crippen LogP contribution is -2.47. The molecule has 4 rings (SSSR count). The van der Waals surface area contributed by atoms with Gasteiger partial charge in [0.05, 0.1) is 19.3 Å². The Morgan fingerprint density at radius 1 is 0.938 bits per heavy atom. The Labute approximate surface area is 191 Å². The summed E-state index contributed by atoms with van der Waals surface area (Å²) in [7, 11) is 1.65. The van der Waals surface area contributed by atoms with E-state index in [-0.39, 0.29) is 30.0 Å². The standard InChI is InChI=1S/C25H37N3O4/c1-18(20-9-10-22(23(17-20)31-2)32-21-7-3-4-8-21)26-24(29)19-11-15-28(16-12-19)25(30)27-13-5-6-14-27/h9-10,17-19,21H,3-8,11-16H2,1-2H3,(H,26,29). The molecule has 2 saturated heterocycles. The van der Waals surface area contributed by atoms with Gasteiger partial charge in [0.1, 0.15) is 0 Å². The number of likely N-dealkylation sites (tertiary alicyclic amines) is 2. The molecule has 1 atom stereocenters. The SMILES string of the molecule is COc1cc(C(C)NC(=O)C2CCN(C(=O)N3CCCC3)CC2)ccc1OC1CCCC1. The first-order chi connectivity index (χ1) is 15.5. The number of hydrogen-bond acceptors (Lipinski definition) is 4. The Kier molecular flexibility index (Phi) is 7.43. The first-order valence-electron chi connectivity index (χ1n) is 12.2. The van der Waals surface area contributed by atoms with E-state index in [1.807, 2.05) is 34.9 Å². The van der Waals surface area contributed by atoms with Gasteiger partial charge in [0, 0.05) is 32.1 Å². The van der Waals surface area contributed by atoms with Crippen molar-refractivity contribution in [2.24, 2.45) is 5.92 Å². The molecule has 3 fully saturated rings. The third kappa shape index (κ3) is 5.30. The molecule has 7 nitrogen and oxygen atoms in total. The van der Waals surface area contributed by atoms with Crippen LogP contribution < -0.4 is 14.8 Å². The van der Waals surface area contributed by atoms with Crippen molar-refractivity contribution in [3.05, 3.63) is 23.8 Å². The summed E-state index contributed by atoms with van der Waals surface area (Å²) in [5, 5.41) is 3.16. The Hall–Kier alpha value is -2.44. The maximum atomic E-state index is 12.9. The van der Waals surface area contributed by atoms with E-state index < -0.39 is 0 Å². The summed E-state index contributed by atoms with van der Waals surface area (Å²) in [6.07, 6.45) is 8.54. The summed E-state index contributed by atoms with van der Waals surface area (Å²) in [5.41, 5.74) is 0.996. The quantitative estimate of drug-likeness (QED) is 0.718. The molecule has 0 bridgehead atoms. The number of hydrogen-bond donors (Lipinski definition) is 1. The summed E-state index contributed by atoms with van der Waals surface area (Å²) in [6.45, 7) is 5.04. The number of methoxy groups -OCH3 is 1. The van der Waals surface area contributed by atoms with Crippen LogP contribution in [0.3, 0.4) is 0 Å². The smallest absolute Gasteiger partial charge is 0.319 e. The highest BCUT2D eigenvalue weighted by Crippen LogP contribution is 2.34. The molecule has 1 aromatic carbocycles. The molecular formula is C25H37N3O4. The average Bonchev–Trinajstić information content (AvgIpc) is 3.53. The predicted octanol–water partition coefficient (Wildman–Crippen LogP) is 4.12. The van der Waals surface area contributed by atoms with Crippen LogP contribution in [0.4, 0.5) is 4.79 Å². The van der Waals surface area contributed by atoms with Crippen LogP contribution >= 0.6 is 0 Å². The molecule has 176 valence electrons. The summed E-state index contributed by atoms with van der Waals surface area (Å²) in [5.74, 6) is 1.50. The van der Waals surface area contributed by atoms with E-state index in [9.17, 15) is 9.59 Å². The topological polar surface area (TPSA) is 71.1 Å². The Bertz CT molecular complexity index is 794. The molecule has 7 heteroatoms. The second kappa shape index (κ2) is 10.5. The molecule has 2 heterocycles. The molecular weight excluding hydrogens is 406 g/mol. The van der Waals surface area contributed by atoms with E-state index in [1.165, 1.54) is 12.8 Å². The van der Waals surface area contributed by atoms with Gasteiger partial charge in [-0.05, 0) is 76.0 Å². The van der Waals surface area contributed by atoms with Gasteiger partial charge in [-0.25, -0.2) is 4.79 Å². The third-order valence-electron chi connectivity index (χ3n) is 7.16. The molecule has 32 heavy (non-hydrogen) atoms. The zero-order valence-electron chi connectivity index (χ0n) is 19.5. The summed E-state index contributed by atoms with van der Waals surface area (Å²) in [4.78, 5) is 29.3. The monoisotopic (exact) mass is 443 g/mol. The number of carbonyl (C=O) groups excluding carboxylic acids is 2. The lowest BCUT2D eigenvalue weighted by atomic mass is 9.95. The molecule has 0 radical (unpaired) electrons. The number of amides is 3. The van der Waals surface area contributed by atoms with Crippen LogP contribution in [-0.2, 0) is 4.79 Å². The van der Waals surface area contributed by atoms with Gasteiger partial charge in [-0.15, -0.1) is 0 Å². The van der Waals surface area contributed by atoms with Gasteiger partial charge in [0.15, 0.2) is 11.5 Å². The number of rotatable bonds is 6. The van der Waals surface area contributed by atoms with Gasteiger partial charge in [-0.1, -0.05) is 6.07 Å². The Morgan fingerprint density at radius 2 is 1.59 bits per heavy atom. The first-order valence-corrected chi connectivity index (χ1v) is 12.2. The second-order valence-electron chi connectivity index (χ2n) is 9.40. The molecule has 1 saturated carbocycles. The Balaban J connectivity index is 1.29. The number of carbonyl (C=O) groups is 2. The van der Waals surface area contributed by atoms with Crippen LogP contribution in [0, 0.1) is 5.92 Å². The number of ether oxygens (including phenoxy) is 2. The highest BCUT2D eigenvalue weighted by atomic mass is 16.5. The lowest BCUT2D eigenvalue weighted by molar-refractivity contribution is -0.126. The average molecular weight is 444 g/mol. The van der Waals surface area contributed by atoms with Crippen molar-refractivity contribution in [1.29, 1.82) is 0 Å². The van der Waals surface area contributed by atoms with Crippen LogP contribution in [-0.4, -0.2) is 61.1 Å². The highest BCUT2D eigenvalue weighted by Gasteiger charge is 2.31. The van der Waals surface area contributed by atoms with Gasteiger partial charge in [-0.3, -0.25) is 4.79 Å². The van der Waals surface area contributed by atoms with Crippen LogP contribution in [0.15, 0.2) is 18.2 Å². The summed E-state index contributed by atoms with van der Waals surface area (Å²) >= 11 is 0. The van der Waals surface area contributed by atoms with Gasteiger partial charge in [0.2, 0.25) is 5.91 Å². The van der Waals surface area contributed by atoms with E-state index in [0.29, 0.717) is 18.8 Å². The molecule has 3 amide bonds. The van der Waals surface area contributed by atoms with E-state index in [1.54, 1.807) is 7.11 Å².